The maximum atomic E-state index is 11.5. The Hall–Kier alpha value is -2.46. The van der Waals surface area contributed by atoms with Crippen molar-refractivity contribution in [2.75, 3.05) is 6.61 Å². The second kappa shape index (κ2) is 21.3. The SMILES string of the molecule is C=C/C=C/C(C)C(OC(N)=O)C(C)C(O)C(C)C/C(C)=C/C(C)C(O)C(C)/C=C/C(O)CC(O)CCCC(=O)OCC. The van der Waals surface area contributed by atoms with Gasteiger partial charge in [0.2, 0.25) is 0 Å². The number of allylic oxidation sites excluding steroid dienone is 3. The molecule has 1 amide bonds. The molecule has 0 aliphatic heterocycles. The van der Waals surface area contributed by atoms with Crippen molar-refractivity contribution in [1.29, 1.82) is 0 Å². The van der Waals surface area contributed by atoms with Crippen molar-refractivity contribution in [3.63, 3.8) is 0 Å². The monoisotopic (exact) mass is 595 g/mol. The van der Waals surface area contributed by atoms with E-state index in [4.69, 9.17) is 15.2 Å². The van der Waals surface area contributed by atoms with Crippen molar-refractivity contribution in [3.05, 3.63) is 48.6 Å². The molecule has 9 nitrogen and oxygen atoms in total. The molecule has 0 aliphatic carbocycles. The van der Waals surface area contributed by atoms with Gasteiger partial charge in [-0.1, -0.05) is 83.2 Å². The van der Waals surface area contributed by atoms with E-state index in [1.165, 1.54) is 0 Å². The number of aliphatic hydroxyl groups is 4. The predicted octanol–water partition coefficient (Wildman–Crippen LogP) is 4.83. The molecule has 0 aromatic carbocycles. The molecule has 242 valence electrons. The van der Waals surface area contributed by atoms with E-state index >= 15 is 0 Å². The van der Waals surface area contributed by atoms with Gasteiger partial charge in [-0.25, -0.2) is 4.79 Å². The van der Waals surface area contributed by atoms with E-state index in [9.17, 15) is 30.0 Å². The van der Waals surface area contributed by atoms with Crippen LogP contribution in [-0.2, 0) is 14.3 Å². The molecule has 0 heterocycles. The highest BCUT2D eigenvalue weighted by atomic mass is 16.6. The quantitative estimate of drug-likeness (QED) is 0.0716. The van der Waals surface area contributed by atoms with Crippen LogP contribution >= 0.6 is 0 Å². The van der Waals surface area contributed by atoms with Crippen LogP contribution < -0.4 is 5.73 Å². The summed E-state index contributed by atoms with van der Waals surface area (Å²) in [7, 11) is 0. The number of primary amides is 1. The highest BCUT2D eigenvalue weighted by Gasteiger charge is 2.33. The van der Waals surface area contributed by atoms with Crippen molar-refractivity contribution in [3.8, 4) is 0 Å². The Morgan fingerprint density at radius 1 is 0.929 bits per heavy atom. The summed E-state index contributed by atoms with van der Waals surface area (Å²) in [5, 5.41) is 42.4. The maximum absolute atomic E-state index is 11.5. The Labute approximate surface area is 253 Å². The largest absolute Gasteiger partial charge is 0.466 e. The van der Waals surface area contributed by atoms with Crippen LogP contribution in [0.2, 0.25) is 0 Å². The number of ether oxygens (including phenoxy) is 2. The Morgan fingerprint density at radius 2 is 1.57 bits per heavy atom. The van der Waals surface area contributed by atoms with Gasteiger partial charge in [0.25, 0.3) is 0 Å². The summed E-state index contributed by atoms with van der Waals surface area (Å²) >= 11 is 0. The smallest absolute Gasteiger partial charge is 0.404 e. The average molecular weight is 596 g/mol. The van der Waals surface area contributed by atoms with Crippen molar-refractivity contribution in [2.45, 2.75) is 111 Å². The fraction of sp³-hybridized carbons (Fsp3) is 0.697. The first-order valence-corrected chi connectivity index (χ1v) is 15.1. The molecular formula is C33H57NO8. The van der Waals surface area contributed by atoms with E-state index in [2.05, 4.69) is 6.58 Å². The van der Waals surface area contributed by atoms with Crippen LogP contribution in [0.15, 0.2) is 48.6 Å². The maximum Gasteiger partial charge on any atom is 0.404 e. The Bertz CT molecular complexity index is 885. The second-order valence-electron chi connectivity index (χ2n) is 11.7. The summed E-state index contributed by atoms with van der Waals surface area (Å²) in [6.07, 6.45) is 7.83. The molecule has 0 fully saturated rings. The van der Waals surface area contributed by atoms with Gasteiger partial charge in [0, 0.05) is 36.5 Å². The topological polar surface area (TPSA) is 160 Å². The molecule has 0 aliphatic rings. The first-order chi connectivity index (χ1) is 19.6. The standard InChI is InChI=1S/C33H57NO8/c1-9-11-13-23(5)32(42-33(34)40)26(8)31(39)25(7)19-21(3)18-24(6)30(38)22(4)16-17-28(36)20-27(35)14-12-15-29(37)41-10-2/h9,11,13,16-18,22-28,30-32,35-36,38-39H,1,10,12,14-15,19-20H2,2-8H3,(H2,34,40)/b13-11+,17-16+,21-18+. The van der Waals surface area contributed by atoms with Crippen molar-refractivity contribution >= 4 is 12.1 Å². The van der Waals surface area contributed by atoms with Gasteiger partial charge in [0.05, 0.1) is 31.0 Å². The number of nitrogens with two attached hydrogens (primary N) is 1. The Morgan fingerprint density at radius 3 is 2.14 bits per heavy atom. The van der Waals surface area contributed by atoms with Crippen LogP contribution in [0, 0.1) is 29.6 Å². The predicted molar refractivity (Wildman–Crippen MR) is 166 cm³/mol. The summed E-state index contributed by atoms with van der Waals surface area (Å²) in [4.78, 5) is 22.9. The summed E-state index contributed by atoms with van der Waals surface area (Å²) in [6.45, 7) is 17.1. The highest BCUT2D eigenvalue weighted by molar-refractivity contribution is 5.69. The number of hydrogen-bond acceptors (Lipinski definition) is 8. The lowest BCUT2D eigenvalue weighted by atomic mass is 9.81. The molecule has 42 heavy (non-hydrogen) atoms. The molecule has 0 radical (unpaired) electrons. The molecule has 0 saturated carbocycles. The van der Waals surface area contributed by atoms with Gasteiger partial charge in [-0.2, -0.15) is 0 Å². The van der Waals surface area contributed by atoms with Crippen LogP contribution in [0.5, 0.6) is 0 Å². The van der Waals surface area contributed by atoms with Gasteiger partial charge in [-0.05, 0) is 39.0 Å². The van der Waals surface area contributed by atoms with Gasteiger partial charge < -0.3 is 35.6 Å². The molecule has 6 N–H and O–H groups in total. The van der Waals surface area contributed by atoms with Gasteiger partial charge in [-0.15, -0.1) is 0 Å². The number of carbonyl (C=O) groups excluding carboxylic acids is 2. The molecule has 10 unspecified atom stereocenters. The highest BCUT2D eigenvalue weighted by Crippen LogP contribution is 2.29. The molecule has 0 aromatic heterocycles. The fourth-order valence-electron chi connectivity index (χ4n) is 5.23. The minimum Gasteiger partial charge on any atom is -0.466 e. The molecule has 0 rings (SSSR count). The number of rotatable bonds is 21. The van der Waals surface area contributed by atoms with Crippen LogP contribution in [0.3, 0.4) is 0 Å². The molecular weight excluding hydrogens is 538 g/mol. The fourth-order valence-corrected chi connectivity index (χ4v) is 5.23. The minimum absolute atomic E-state index is 0.143. The van der Waals surface area contributed by atoms with E-state index in [0.717, 1.165) is 5.57 Å². The third kappa shape index (κ3) is 16.2. The first-order valence-electron chi connectivity index (χ1n) is 15.1. The van der Waals surface area contributed by atoms with E-state index in [1.807, 2.05) is 53.7 Å². The lowest BCUT2D eigenvalue weighted by Crippen LogP contribution is -2.41. The number of esters is 1. The van der Waals surface area contributed by atoms with Crippen molar-refractivity contribution < 1.29 is 39.5 Å². The summed E-state index contributed by atoms with van der Waals surface area (Å²) in [5.41, 5.74) is 6.30. The van der Waals surface area contributed by atoms with E-state index < -0.39 is 36.6 Å². The molecule has 0 saturated heterocycles. The van der Waals surface area contributed by atoms with Crippen molar-refractivity contribution in [1.82, 2.24) is 0 Å². The Balaban J connectivity index is 5.01. The average Bonchev–Trinajstić information content (AvgIpc) is 2.91. The number of aliphatic hydroxyl groups excluding tert-OH is 4. The van der Waals surface area contributed by atoms with Gasteiger partial charge in [0.1, 0.15) is 6.10 Å². The summed E-state index contributed by atoms with van der Waals surface area (Å²) < 4.78 is 10.2. The van der Waals surface area contributed by atoms with Crippen LogP contribution in [0.25, 0.3) is 0 Å². The van der Waals surface area contributed by atoms with Crippen LogP contribution in [0.4, 0.5) is 4.79 Å². The third-order valence-electron chi connectivity index (χ3n) is 7.60. The molecule has 0 aromatic rings. The summed E-state index contributed by atoms with van der Waals surface area (Å²) in [6, 6.07) is 0. The number of carbonyl (C=O) groups is 2. The van der Waals surface area contributed by atoms with Gasteiger partial charge in [-0.3, -0.25) is 4.79 Å². The second-order valence-corrected chi connectivity index (χ2v) is 11.7. The third-order valence-corrected chi connectivity index (χ3v) is 7.60. The molecule has 10 atom stereocenters. The molecule has 0 spiro atoms. The first kappa shape index (κ1) is 39.5. The Kier molecular flexibility index (Phi) is 20.0. The zero-order valence-electron chi connectivity index (χ0n) is 26.7. The normalized spacial score (nSPS) is 19.7. The van der Waals surface area contributed by atoms with Crippen molar-refractivity contribution in [2.24, 2.45) is 35.3 Å². The zero-order valence-corrected chi connectivity index (χ0v) is 26.7. The van der Waals surface area contributed by atoms with Crippen LogP contribution in [0.1, 0.15) is 80.6 Å². The minimum atomic E-state index is -0.887. The van der Waals surface area contributed by atoms with E-state index in [1.54, 1.807) is 31.2 Å². The van der Waals surface area contributed by atoms with E-state index in [0.29, 0.717) is 25.9 Å². The van der Waals surface area contributed by atoms with Gasteiger partial charge in [0.15, 0.2) is 0 Å². The van der Waals surface area contributed by atoms with Gasteiger partial charge >= 0.3 is 12.1 Å². The lowest BCUT2D eigenvalue weighted by molar-refractivity contribution is -0.143. The molecule has 9 heteroatoms. The summed E-state index contributed by atoms with van der Waals surface area (Å²) in [5.74, 6) is -1.43. The van der Waals surface area contributed by atoms with Crippen LogP contribution in [-0.4, -0.2) is 69.6 Å². The zero-order chi connectivity index (χ0) is 32.4. The number of hydrogen-bond donors (Lipinski definition) is 5. The lowest BCUT2D eigenvalue weighted by Gasteiger charge is -2.33. The number of amides is 1. The van der Waals surface area contributed by atoms with E-state index in [-0.39, 0.29) is 48.4 Å². The molecule has 0 bridgehead atoms.